The molecule has 0 radical (unpaired) electrons. The second kappa shape index (κ2) is 9.21. The minimum Gasteiger partial charge on any atom is -0.356 e. The zero-order valence-corrected chi connectivity index (χ0v) is 19.2. The second-order valence-corrected chi connectivity index (χ2v) is 8.95. The minimum atomic E-state index is -0.276. The lowest BCUT2D eigenvalue weighted by Crippen LogP contribution is -2.48. The van der Waals surface area contributed by atoms with Crippen molar-refractivity contribution in [3.05, 3.63) is 46.0 Å². The van der Waals surface area contributed by atoms with Crippen LogP contribution in [-0.4, -0.2) is 70.9 Å². The fourth-order valence-electron chi connectivity index (χ4n) is 3.39. The first kappa shape index (κ1) is 21.5. The van der Waals surface area contributed by atoms with E-state index < -0.39 is 0 Å². The molecule has 1 amide bonds. The number of amides is 1. The molecule has 31 heavy (non-hydrogen) atoms. The molecule has 2 aromatic rings. The normalized spacial score (nSPS) is 19.4. The Bertz CT molecular complexity index is 1010. The number of nitrogens with zero attached hydrogens (tertiary/aromatic N) is 5. The number of aryl methyl sites for hydroxylation is 1. The van der Waals surface area contributed by atoms with E-state index in [4.69, 9.17) is 11.6 Å². The van der Waals surface area contributed by atoms with Crippen molar-refractivity contribution in [2.24, 2.45) is 4.99 Å². The average molecular weight is 461 g/mol. The molecule has 9 nitrogen and oxygen atoms in total. The number of halogens is 1. The number of hydrogen-bond donors (Lipinski definition) is 3. The van der Waals surface area contributed by atoms with Gasteiger partial charge in [-0.1, -0.05) is 22.9 Å². The molecule has 0 bridgehead atoms. The Morgan fingerprint density at radius 2 is 2.03 bits per heavy atom. The number of anilines is 2. The van der Waals surface area contributed by atoms with Crippen molar-refractivity contribution in [1.29, 1.82) is 0 Å². The highest BCUT2D eigenvalue weighted by atomic mass is 35.5. The van der Waals surface area contributed by atoms with E-state index in [1.165, 1.54) is 11.3 Å². The van der Waals surface area contributed by atoms with Gasteiger partial charge in [-0.3, -0.25) is 9.78 Å². The predicted molar refractivity (Wildman–Crippen MR) is 125 cm³/mol. The van der Waals surface area contributed by atoms with Crippen molar-refractivity contribution in [3.63, 3.8) is 0 Å². The first-order valence-electron chi connectivity index (χ1n) is 10.0. The third kappa shape index (κ3) is 5.15. The topological polar surface area (TPSA) is 97.8 Å². The van der Waals surface area contributed by atoms with Gasteiger partial charge >= 0.3 is 0 Å². The van der Waals surface area contributed by atoms with Gasteiger partial charge in [0, 0.05) is 38.5 Å². The molecular weight excluding hydrogens is 436 g/mol. The van der Waals surface area contributed by atoms with Crippen molar-refractivity contribution < 1.29 is 4.79 Å². The van der Waals surface area contributed by atoms with Gasteiger partial charge in [0.1, 0.15) is 22.7 Å². The van der Waals surface area contributed by atoms with Crippen LogP contribution in [-0.2, 0) is 0 Å². The largest absolute Gasteiger partial charge is 0.356 e. The van der Waals surface area contributed by atoms with Crippen LogP contribution in [0.5, 0.6) is 0 Å². The average Bonchev–Trinajstić information content (AvgIpc) is 3.19. The van der Waals surface area contributed by atoms with E-state index in [0.29, 0.717) is 26.4 Å². The van der Waals surface area contributed by atoms with Gasteiger partial charge in [-0.15, -0.1) is 0 Å². The van der Waals surface area contributed by atoms with Crippen molar-refractivity contribution in [2.45, 2.75) is 20.0 Å². The Labute approximate surface area is 190 Å². The van der Waals surface area contributed by atoms with Gasteiger partial charge in [-0.05, 0) is 27.0 Å². The lowest BCUT2D eigenvalue weighted by molar-refractivity contribution is 0.103. The molecule has 2 aliphatic rings. The van der Waals surface area contributed by atoms with E-state index >= 15 is 0 Å². The number of likely N-dealkylation sites (N-methyl/N-ethyl adjacent to an activating group) is 1. The van der Waals surface area contributed by atoms with E-state index in [9.17, 15) is 4.79 Å². The maximum Gasteiger partial charge on any atom is 0.267 e. The molecule has 11 heteroatoms. The van der Waals surface area contributed by atoms with Crippen LogP contribution in [0.15, 0.2) is 35.3 Å². The summed E-state index contributed by atoms with van der Waals surface area (Å²) >= 11 is 7.45. The summed E-state index contributed by atoms with van der Waals surface area (Å²) in [6, 6.07) is 1.64. The van der Waals surface area contributed by atoms with Gasteiger partial charge in [0.2, 0.25) is 0 Å². The predicted octanol–water partition coefficient (Wildman–Crippen LogP) is 2.60. The first-order chi connectivity index (χ1) is 14.9. The van der Waals surface area contributed by atoms with Crippen LogP contribution < -0.4 is 16.0 Å². The molecule has 1 atom stereocenters. The summed E-state index contributed by atoms with van der Waals surface area (Å²) in [5.41, 5.74) is 1.17. The number of amidine groups is 1. The zero-order valence-electron chi connectivity index (χ0n) is 17.6. The number of carbonyl (C=O) groups excluding carboxylic acids is 1. The van der Waals surface area contributed by atoms with Gasteiger partial charge in [-0.2, -0.15) is 0 Å². The lowest BCUT2D eigenvalue weighted by Gasteiger charge is -2.37. The number of carbonyl (C=O) groups is 1. The van der Waals surface area contributed by atoms with Gasteiger partial charge in [0.15, 0.2) is 5.13 Å². The summed E-state index contributed by atoms with van der Waals surface area (Å²) in [6.07, 6.45) is 4.95. The molecule has 1 fully saturated rings. The lowest BCUT2D eigenvalue weighted by atomic mass is 10.3. The van der Waals surface area contributed by atoms with Crippen LogP contribution in [0.3, 0.4) is 0 Å². The van der Waals surface area contributed by atoms with Crippen LogP contribution in [0.25, 0.3) is 0 Å². The molecule has 1 unspecified atom stereocenters. The molecule has 164 valence electrons. The summed E-state index contributed by atoms with van der Waals surface area (Å²) in [4.78, 5) is 30.9. The number of thiazole rings is 1. The molecule has 4 rings (SSSR count). The molecule has 2 aliphatic heterocycles. The number of nitrogens with one attached hydrogen (secondary N) is 3. The smallest absolute Gasteiger partial charge is 0.267 e. The number of aliphatic imine (C=N–C) groups is 1. The quantitative estimate of drug-likeness (QED) is 0.630. The summed E-state index contributed by atoms with van der Waals surface area (Å²) in [6.45, 7) is 7.72. The van der Waals surface area contributed by atoms with Crippen LogP contribution in [0, 0.1) is 6.92 Å². The third-order valence-electron chi connectivity index (χ3n) is 5.13. The number of pyridine rings is 1. The van der Waals surface area contributed by atoms with Crippen LogP contribution in [0.2, 0.25) is 5.02 Å². The van der Waals surface area contributed by atoms with Gasteiger partial charge in [-0.25, -0.2) is 9.98 Å². The van der Waals surface area contributed by atoms with Gasteiger partial charge in [0.05, 0.1) is 22.6 Å². The Balaban J connectivity index is 1.43. The van der Waals surface area contributed by atoms with E-state index in [1.54, 1.807) is 25.4 Å². The van der Waals surface area contributed by atoms with Crippen molar-refractivity contribution in [1.82, 2.24) is 25.1 Å². The molecule has 4 heterocycles. The maximum atomic E-state index is 12.6. The number of rotatable bonds is 5. The molecule has 2 aromatic heterocycles. The molecule has 1 saturated heterocycles. The van der Waals surface area contributed by atoms with Crippen LogP contribution in [0.4, 0.5) is 10.8 Å². The Hall–Kier alpha value is -2.69. The molecule has 0 saturated carbocycles. The maximum absolute atomic E-state index is 12.6. The fraction of sp³-hybridized carbons (Fsp3) is 0.400. The third-order valence-corrected chi connectivity index (χ3v) is 6.37. The Morgan fingerprint density at radius 3 is 2.77 bits per heavy atom. The number of piperazine rings is 1. The van der Waals surface area contributed by atoms with Crippen molar-refractivity contribution in [3.8, 4) is 0 Å². The van der Waals surface area contributed by atoms with E-state index in [0.717, 1.165) is 37.8 Å². The van der Waals surface area contributed by atoms with Crippen LogP contribution >= 0.6 is 22.9 Å². The van der Waals surface area contributed by atoms with Crippen molar-refractivity contribution in [2.75, 3.05) is 43.9 Å². The fourth-order valence-corrected chi connectivity index (χ4v) is 4.38. The molecular formula is C20H25ClN8OS. The summed E-state index contributed by atoms with van der Waals surface area (Å²) in [5.74, 6) is 1.61. The van der Waals surface area contributed by atoms with Gasteiger partial charge in [0.25, 0.3) is 5.91 Å². The highest BCUT2D eigenvalue weighted by Crippen LogP contribution is 2.26. The van der Waals surface area contributed by atoms with E-state index in [-0.39, 0.29) is 12.1 Å². The Kier molecular flexibility index (Phi) is 6.40. The zero-order chi connectivity index (χ0) is 22.0. The monoisotopic (exact) mass is 460 g/mol. The van der Waals surface area contributed by atoms with Crippen LogP contribution in [0.1, 0.15) is 22.3 Å². The standard InChI is InChI=1S/C20H25ClN8OS/c1-12-18(14(21)4-5-22-12)27-19(30)15-11-23-20(31-15)26-16-10-17(25-13(2)24-16)29-8-6-28(3)7-9-29/h4-5,10-11,16H,6-9H2,1-3H3,(H,23,26)(H,24,25)(H,27,30). The second-order valence-electron chi connectivity index (χ2n) is 7.51. The Morgan fingerprint density at radius 1 is 1.26 bits per heavy atom. The molecule has 0 aliphatic carbocycles. The first-order valence-corrected chi connectivity index (χ1v) is 11.2. The van der Waals surface area contributed by atoms with E-state index in [2.05, 4.69) is 53.8 Å². The van der Waals surface area contributed by atoms with Crippen molar-refractivity contribution >= 4 is 45.5 Å². The highest BCUT2D eigenvalue weighted by molar-refractivity contribution is 7.17. The van der Waals surface area contributed by atoms with Gasteiger partial charge < -0.3 is 25.8 Å². The number of aromatic nitrogens is 2. The summed E-state index contributed by atoms with van der Waals surface area (Å²) in [7, 11) is 2.14. The summed E-state index contributed by atoms with van der Waals surface area (Å²) in [5, 5.41) is 10.5. The summed E-state index contributed by atoms with van der Waals surface area (Å²) < 4.78 is 0. The van der Waals surface area contributed by atoms with E-state index in [1.807, 2.05) is 6.92 Å². The highest BCUT2D eigenvalue weighted by Gasteiger charge is 2.22. The SMILES string of the molecule is CC1=NC(Nc2ncc(C(=O)Nc3c(Cl)ccnc3C)s2)C=C(N2CCN(C)CC2)N1. The molecule has 0 spiro atoms. The molecule has 0 aromatic carbocycles. The number of hydrogen-bond acceptors (Lipinski definition) is 9. The molecule has 3 N–H and O–H groups in total. The minimum absolute atomic E-state index is 0.257.